The van der Waals surface area contributed by atoms with Gasteiger partial charge in [0, 0.05) is 10.7 Å². The first kappa shape index (κ1) is 15.8. The van der Waals surface area contributed by atoms with Gasteiger partial charge in [-0.15, -0.1) is 0 Å². The molecule has 1 aliphatic rings. The number of hydrazone groups is 1. The Balaban J connectivity index is 1.79. The molecule has 1 fully saturated rings. The normalized spacial score (nSPS) is 20.3. The Morgan fingerprint density at radius 3 is 3.05 bits per heavy atom. The maximum absolute atomic E-state index is 11.7. The number of hydrogen-bond acceptors (Lipinski definition) is 3. The molecule has 1 aromatic carbocycles. The van der Waals surface area contributed by atoms with Crippen LogP contribution in [0.2, 0.25) is 5.02 Å². The number of ether oxygens (including phenoxy) is 1. The van der Waals surface area contributed by atoms with Crippen molar-refractivity contribution in [2.75, 3.05) is 6.61 Å². The molecule has 0 bridgehead atoms. The standard InChI is InChI=1S/C16H21ClN2O2/c1-11-4-3-5-13(8-11)18-19-16(20)10-21-14-6-7-15(17)12(2)9-14/h6-7,9,11H,3-5,8,10H2,1-2H3,(H,19,20)/b18-13+. The van der Waals surface area contributed by atoms with E-state index >= 15 is 0 Å². The molecule has 1 aliphatic carbocycles. The van der Waals surface area contributed by atoms with Crippen LogP contribution in [0.3, 0.4) is 0 Å². The largest absolute Gasteiger partial charge is 0.484 e. The molecule has 1 N–H and O–H groups in total. The van der Waals surface area contributed by atoms with Crippen LogP contribution in [0.15, 0.2) is 23.3 Å². The molecule has 0 heterocycles. The lowest BCUT2D eigenvalue weighted by Gasteiger charge is -2.18. The van der Waals surface area contributed by atoms with Gasteiger partial charge in [-0.3, -0.25) is 4.79 Å². The number of carbonyl (C=O) groups is 1. The van der Waals surface area contributed by atoms with Crippen LogP contribution in [0.4, 0.5) is 0 Å². The summed E-state index contributed by atoms with van der Waals surface area (Å²) in [6.07, 6.45) is 4.34. The monoisotopic (exact) mass is 308 g/mol. The average molecular weight is 309 g/mol. The molecule has 114 valence electrons. The van der Waals surface area contributed by atoms with E-state index in [-0.39, 0.29) is 12.5 Å². The third-order valence-electron chi connectivity index (χ3n) is 3.58. The van der Waals surface area contributed by atoms with E-state index in [0.29, 0.717) is 16.7 Å². The molecule has 1 atom stereocenters. The second kappa shape index (κ2) is 7.46. The van der Waals surface area contributed by atoms with Gasteiger partial charge >= 0.3 is 0 Å². The second-order valence-electron chi connectivity index (χ2n) is 5.61. The van der Waals surface area contributed by atoms with Gasteiger partial charge in [0.05, 0.1) is 0 Å². The number of nitrogens with zero attached hydrogens (tertiary/aromatic N) is 1. The first-order chi connectivity index (χ1) is 10.0. The Kier molecular flexibility index (Phi) is 5.62. The summed E-state index contributed by atoms with van der Waals surface area (Å²) in [7, 11) is 0. The van der Waals surface area contributed by atoms with Crippen molar-refractivity contribution < 1.29 is 9.53 Å². The van der Waals surface area contributed by atoms with Gasteiger partial charge in [-0.05, 0) is 62.3 Å². The fourth-order valence-electron chi connectivity index (χ4n) is 2.39. The van der Waals surface area contributed by atoms with E-state index in [1.807, 2.05) is 13.0 Å². The van der Waals surface area contributed by atoms with Crippen LogP contribution < -0.4 is 10.2 Å². The van der Waals surface area contributed by atoms with Gasteiger partial charge in [-0.2, -0.15) is 5.10 Å². The molecule has 21 heavy (non-hydrogen) atoms. The lowest BCUT2D eigenvalue weighted by Crippen LogP contribution is -2.27. The van der Waals surface area contributed by atoms with E-state index in [2.05, 4.69) is 17.5 Å². The summed E-state index contributed by atoms with van der Waals surface area (Å²) in [6.45, 7) is 4.06. The number of halogens is 1. The Labute approximate surface area is 130 Å². The van der Waals surface area contributed by atoms with Crippen LogP contribution in [0.25, 0.3) is 0 Å². The lowest BCUT2D eigenvalue weighted by molar-refractivity contribution is -0.123. The van der Waals surface area contributed by atoms with Crippen LogP contribution in [0.1, 0.15) is 38.2 Å². The van der Waals surface area contributed by atoms with Gasteiger partial charge in [0.1, 0.15) is 5.75 Å². The van der Waals surface area contributed by atoms with E-state index < -0.39 is 0 Å². The van der Waals surface area contributed by atoms with E-state index in [9.17, 15) is 4.79 Å². The number of amides is 1. The zero-order valence-corrected chi connectivity index (χ0v) is 13.2. The van der Waals surface area contributed by atoms with Gasteiger partial charge in [0.15, 0.2) is 6.61 Å². The van der Waals surface area contributed by atoms with E-state index in [4.69, 9.17) is 16.3 Å². The highest BCUT2D eigenvalue weighted by atomic mass is 35.5. The minimum atomic E-state index is -0.242. The molecule has 1 unspecified atom stereocenters. The van der Waals surface area contributed by atoms with Crippen molar-refractivity contribution in [3.8, 4) is 5.75 Å². The van der Waals surface area contributed by atoms with Crippen LogP contribution >= 0.6 is 11.6 Å². The second-order valence-corrected chi connectivity index (χ2v) is 6.02. The van der Waals surface area contributed by atoms with Gasteiger partial charge in [-0.25, -0.2) is 5.43 Å². The highest BCUT2D eigenvalue weighted by Crippen LogP contribution is 2.21. The maximum Gasteiger partial charge on any atom is 0.277 e. The van der Waals surface area contributed by atoms with Gasteiger partial charge < -0.3 is 4.74 Å². The Bertz CT molecular complexity index is 543. The molecular formula is C16H21ClN2O2. The van der Waals surface area contributed by atoms with E-state index in [1.54, 1.807) is 12.1 Å². The van der Waals surface area contributed by atoms with Crippen LogP contribution in [-0.2, 0) is 4.79 Å². The molecule has 4 nitrogen and oxygen atoms in total. The first-order valence-electron chi connectivity index (χ1n) is 7.28. The van der Waals surface area contributed by atoms with Crippen LogP contribution in [0, 0.1) is 12.8 Å². The van der Waals surface area contributed by atoms with Gasteiger partial charge in [0.2, 0.25) is 0 Å². The number of aryl methyl sites for hydroxylation is 1. The van der Waals surface area contributed by atoms with Crippen molar-refractivity contribution >= 4 is 23.2 Å². The van der Waals surface area contributed by atoms with E-state index in [0.717, 1.165) is 30.5 Å². The van der Waals surface area contributed by atoms with E-state index in [1.165, 1.54) is 6.42 Å². The molecular weight excluding hydrogens is 288 g/mol. The lowest BCUT2D eigenvalue weighted by atomic mass is 9.89. The Morgan fingerprint density at radius 2 is 2.33 bits per heavy atom. The summed E-state index contributed by atoms with van der Waals surface area (Å²) in [5.74, 6) is 1.04. The zero-order chi connectivity index (χ0) is 15.2. The number of hydrogen-bond donors (Lipinski definition) is 1. The van der Waals surface area contributed by atoms with Crippen molar-refractivity contribution in [2.24, 2.45) is 11.0 Å². The summed E-state index contributed by atoms with van der Waals surface area (Å²) < 4.78 is 5.42. The van der Waals surface area contributed by atoms with Crippen molar-refractivity contribution in [3.63, 3.8) is 0 Å². The number of nitrogens with one attached hydrogen (secondary N) is 1. The maximum atomic E-state index is 11.7. The minimum absolute atomic E-state index is 0.0482. The summed E-state index contributed by atoms with van der Waals surface area (Å²) in [5, 5.41) is 4.88. The molecule has 1 aromatic rings. The SMILES string of the molecule is Cc1cc(OCC(=O)N/N=C2\CCCC(C)C2)ccc1Cl. The molecule has 5 heteroatoms. The highest BCUT2D eigenvalue weighted by Gasteiger charge is 2.14. The average Bonchev–Trinajstić information content (AvgIpc) is 2.46. The molecule has 0 aromatic heterocycles. The summed E-state index contributed by atoms with van der Waals surface area (Å²) in [6, 6.07) is 5.31. The molecule has 0 saturated heterocycles. The molecule has 0 aliphatic heterocycles. The number of rotatable bonds is 4. The van der Waals surface area contributed by atoms with Crippen molar-refractivity contribution in [2.45, 2.75) is 39.5 Å². The molecule has 0 spiro atoms. The van der Waals surface area contributed by atoms with Gasteiger partial charge in [0.25, 0.3) is 5.91 Å². The Hall–Kier alpha value is -1.55. The fraction of sp³-hybridized carbons (Fsp3) is 0.500. The predicted molar refractivity (Wildman–Crippen MR) is 84.9 cm³/mol. The summed E-state index contributed by atoms with van der Waals surface area (Å²) in [4.78, 5) is 11.7. The predicted octanol–water partition coefficient (Wildman–Crippen LogP) is 3.71. The number of carbonyl (C=O) groups excluding carboxylic acids is 1. The first-order valence-corrected chi connectivity index (χ1v) is 7.65. The molecule has 1 amide bonds. The fourth-order valence-corrected chi connectivity index (χ4v) is 2.51. The van der Waals surface area contributed by atoms with Crippen molar-refractivity contribution in [1.29, 1.82) is 0 Å². The minimum Gasteiger partial charge on any atom is -0.484 e. The molecule has 0 radical (unpaired) electrons. The number of benzene rings is 1. The molecule has 1 saturated carbocycles. The van der Waals surface area contributed by atoms with Gasteiger partial charge in [-0.1, -0.05) is 18.5 Å². The Morgan fingerprint density at radius 1 is 1.52 bits per heavy atom. The summed E-state index contributed by atoms with van der Waals surface area (Å²) in [5.41, 5.74) is 4.56. The topological polar surface area (TPSA) is 50.7 Å². The quantitative estimate of drug-likeness (QED) is 0.862. The highest BCUT2D eigenvalue weighted by molar-refractivity contribution is 6.31. The smallest absolute Gasteiger partial charge is 0.277 e. The third-order valence-corrected chi connectivity index (χ3v) is 4.01. The van der Waals surface area contributed by atoms with Crippen molar-refractivity contribution in [3.05, 3.63) is 28.8 Å². The van der Waals surface area contributed by atoms with Crippen molar-refractivity contribution in [1.82, 2.24) is 5.43 Å². The zero-order valence-electron chi connectivity index (χ0n) is 12.5. The molecule has 2 rings (SSSR count). The third kappa shape index (κ3) is 5.05. The summed E-state index contributed by atoms with van der Waals surface area (Å²) >= 11 is 5.94. The van der Waals surface area contributed by atoms with Crippen LogP contribution in [-0.4, -0.2) is 18.2 Å². The van der Waals surface area contributed by atoms with Crippen LogP contribution in [0.5, 0.6) is 5.75 Å².